The Labute approximate surface area is 108 Å². The van der Waals surface area contributed by atoms with Crippen LogP contribution < -0.4 is 10.5 Å². The summed E-state index contributed by atoms with van der Waals surface area (Å²) in [7, 11) is 0. The van der Waals surface area contributed by atoms with Crippen molar-refractivity contribution in [1.29, 1.82) is 0 Å². The molecule has 2 aromatic rings. The molecule has 3 heteroatoms. The van der Waals surface area contributed by atoms with Crippen LogP contribution in [0, 0.1) is 20.8 Å². The number of nitrogens with two attached hydrogens (primary N) is 1. The summed E-state index contributed by atoms with van der Waals surface area (Å²) in [4.78, 5) is 0. The lowest BCUT2D eigenvalue weighted by molar-refractivity contribution is 0.267. The van der Waals surface area contributed by atoms with Crippen LogP contribution in [0.1, 0.15) is 28.0 Å². The van der Waals surface area contributed by atoms with Crippen LogP contribution in [0.2, 0.25) is 0 Å². The third-order valence-electron chi connectivity index (χ3n) is 3.18. The molecular formula is C15H19NO2. The second-order valence-corrected chi connectivity index (χ2v) is 4.57. The van der Waals surface area contributed by atoms with Crippen molar-refractivity contribution in [3.8, 4) is 5.75 Å². The minimum Gasteiger partial charge on any atom is -0.485 e. The van der Waals surface area contributed by atoms with Gasteiger partial charge >= 0.3 is 0 Å². The molecule has 0 bridgehead atoms. The van der Waals surface area contributed by atoms with Crippen molar-refractivity contribution in [2.45, 2.75) is 33.9 Å². The first-order valence-corrected chi connectivity index (χ1v) is 6.07. The van der Waals surface area contributed by atoms with Crippen molar-refractivity contribution in [3.63, 3.8) is 0 Å². The Kier molecular flexibility index (Phi) is 3.72. The van der Waals surface area contributed by atoms with E-state index >= 15 is 0 Å². The Bertz CT molecular complexity index is 543. The van der Waals surface area contributed by atoms with Gasteiger partial charge in [-0.2, -0.15) is 0 Å². The van der Waals surface area contributed by atoms with E-state index in [4.69, 9.17) is 14.9 Å². The zero-order valence-corrected chi connectivity index (χ0v) is 11.1. The van der Waals surface area contributed by atoms with Crippen LogP contribution in [0.4, 0.5) is 0 Å². The standard InChI is InChI=1S/C15H19NO2/c1-10-4-5-11(2)15(12(10)3)18-9-14-6-13(7-16)8-17-14/h4-6,8H,7,9,16H2,1-3H3. The zero-order valence-electron chi connectivity index (χ0n) is 11.1. The topological polar surface area (TPSA) is 48.4 Å². The Hall–Kier alpha value is -1.74. The number of hydrogen-bond acceptors (Lipinski definition) is 3. The summed E-state index contributed by atoms with van der Waals surface area (Å²) in [5.74, 6) is 1.75. The molecule has 1 aromatic carbocycles. The maximum Gasteiger partial charge on any atom is 0.146 e. The van der Waals surface area contributed by atoms with Crippen molar-refractivity contribution >= 4 is 0 Å². The lowest BCUT2D eigenvalue weighted by atomic mass is 10.1. The molecule has 0 aliphatic heterocycles. The van der Waals surface area contributed by atoms with Gasteiger partial charge in [0.15, 0.2) is 0 Å². The van der Waals surface area contributed by atoms with E-state index in [1.54, 1.807) is 6.26 Å². The summed E-state index contributed by atoms with van der Waals surface area (Å²) in [6.45, 7) is 7.14. The minimum atomic E-state index is 0.436. The van der Waals surface area contributed by atoms with Crippen LogP contribution in [0.3, 0.4) is 0 Å². The van der Waals surface area contributed by atoms with Gasteiger partial charge < -0.3 is 14.9 Å². The molecule has 3 nitrogen and oxygen atoms in total. The van der Waals surface area contributed by atoms with Gasteiger partial charge in [0.2, 0.25) is 0 Å². The summed E-state index contributed by atoms with van der Waals surface area (Å²) in [5.41, 5.74) is 10.1. The molecular weight excluding hydrogens is 226 g/mol. The maximum absolute atomic E-state index is 5.86. The molecule has 2 rings (SSSR count). The van der Waals surface area contributed by atoms with E-state index in [0.29, 0.717) is 13.2 Å². The molecule has 0 unspecified atom stereocenters. The Morgan fingerprint density at radius 2 is 1.89 bits per heavy atom. The fraction of sp³-hybridized carbons (Fsp3) is 0.333. The lowest BCUT2D eigenvalue weighted by Crippen LogP contribution is -1.99. The number of ether oxygens (including phenoxy) is 1. The summed E-state index contributed by atoms with van der Waals surface area (Å²) in [6.07, 6.45) is 1.68. The molecule has 0 fully saturated rings. The summed E-state index contributed by atoms with van der Waals surface area (Å²) < 4.78 is 11.2. The van der Waals surface area contributed by atoms with Crippen LogP contribution in [-0.4, -0.2) is 0 Å². The predicted octanol–water partition coefficient (Wildman–Crippen LogP) is 3.24. The first-order chi connectivity index (χ1) is 8.61. The molecule has 1 aromatic heterocycles. The largest absolute Gasteiger partial charge is 0.485 e. The Balaban J connectivity index is 2.12. The van der Waals surface area contributed by atoms with E-state index in [-0.39, 0.29) is 0 Å². The zero-order chi connectivity index (χ0) is 13.1. The van der Waals surface area contributed by atoms with Crippen LogP contribution in [0.25, 0.3) is 0 Å². The number of benzene rings is 1. The van der Waals surface area contributed by atoms with E-state index in [9.17, 15) is 0 Å². The fourth-order valence-corrected chi connectivity index (χ4v) is 1.90. The van der Waals surface area contributed by atoms with Crippen molar-refractivity contribution in [2.24, 2.45) is 5.73 Å². The summed E-state index contributed by atoms with van der Waals surface area (Å²) in [5, 5.41) is 0. The smallest absolute Gasteiger partial charge is 0.146 e. The SMILES string of the molecule is Cc1ccc(C)c(OCc2cc(CN)co2)c1C. The number of rotatable bonds is 4. The van der Waals surface area contributed by atoms with Gasteiger partial charge in [0, 0.05) is 12.1 Å². The first-order valence-electron chi connectivity index (χ1n) is 6.07. The first kappa shape index (κ1) is 12.7. The second-order valence-electron chi connectivity index (χ2n) is 4.57. The highest BCUT2D eigenvalue weighted by Gasteiger charge is 2.08. The second kappa shape index (κ2) is 5.27. The molecule has 96 valence electrons. The molecule has 0 aliphatic carbocycles. The van der Waals surface area contributed by atoms with Gasteiger partial charge in [0.1, 0.15) is 18.1 Å². The molecule has 0 radical (unpaired) electrons. The van der Waals surface area contributed by atoms with E-state index in [1.165, 1.54) is 11.1 Å². The number of aryl methyl sites for hydroxylation is 2. The lowest BCUT2D eigenvalue weighted by Gasteiger charge is -2.12. The van der Waals surface area contributed by atoms with E-state index < -0.39 is 0 Å². The highest BCUT2D eigenvalue weighted by molar-refractivity contribution is 5.44. The van der Waals surface area contributed by atoms with Crippen molar-refractivity contribution in [1.82, 2.24) is 0 Å². The average Bonchev–Trinajstić information content (AvgIpc) is 2.82. The average molecular weight is 245 g/mol. The Morgan fingerprint density at radius 3 is 2.56 bits per heavy atom. The van der Waals surface area contributed by atoms with Crippen molar-refractivity contribution in [2.75, 3.05) is 0 Å². The molecule has 18 heavy (non-hydrogen) atoms. The molecule has 0 aliphatic rings. The normalized spacial score (nSPS) is 10.7. The third kappa shape index (κ3) is 2.57. The van der Waals surface area contributed by atoms with Crippen LogP contribution in [-0.2, 0) is 13.2 Å². The summed E-state index contributed by atoms with van der Waals surface area (Å²) >= 11 is 0. The van der Waals surface area contributed by atoms with Crippen molar-refractivity contribution in [3.05, 3.63) is 52.5 Å². The minimum absolute atomic E-state index is 0.436. The van der Waals surface area contributed by atoms with E-state index in [1.807, 2.05) is 6.07 Å². The van der Waals surface area contributed by atoms with Crippen LogP contribution in [0.15, 0.2) is 28.9 Å². The highest BCUT2D eigenvalue weighted by Crippen LogP contribution is 2.26. The highest BCUT2D eigenvalue weighted by atomic mass is 16.5. The maximum atomic E-state index is 5.86. The third-order valence-corrected chi connectivity index (χ3v) is 3.18. The van der Waals surface area contributed by atoms with Gasteiger partial charge in [-0.25, -0.2) is 0 Å². The van der Waals surface area contributed by atoms with Crippen molar-refractivity contribution < 1.29 is 9.15 Å². The molecule has 0 atom stereocenters. The molecule has 0 spiro atoms. The fourth-order valence-electron chi connectivity index (χ4n) is 1.90. The van der Waals surface area contributed by atoms with Crippen LogP contribution >= 0.6 is 0 Å². The van der Waals surface area contributed by atoms with Gasteiger partial charge in [-0.1, -0.05) is 12.1 Å². The van der Waals surface area contributed by atoms with E-state index in [2.05, 4.69) is 32.9 Å². The molecule has 1 heterocycles. The molecule has 0 amide bonds. The van der Waals surface area contributed by atoms with Gasteiger partial charge in [-0.15, -0.1) is 0 Å². The monoisotopic (exact) mass is 245 g/mol. The predicted molar refractivity (Wildman–Crippen MR) is 71.6 cm³/mol. The Morgan fingerprint density at radius 1 is 1.17 bits per heavy atom. The van der Waals surface area contributed by atoms with Gasteiger partial charge in [0.05, 0.1) is 6.26 Å². The number of hydrogen-bond donors (Lipinski definition) is 1. The molecule has 2 N–H and O–H groups in total. The summed E-state index contributed by atoms with van der Waals surface area (Å²) in [6, 6.07) is 6.11. The van der Waals surface area contributed by atoms with Crippen LogP contribution in [0.5, 0.6) is 5.75 Å². The van der Waals surface area contributed by atoms with Gasteiger partial charge in [-0.3, -0.25) is 0 Å². The molecule has 0 saturated heterocycles. The number of furan rings is 1. The van der Waals surface area contributed by atoms with E-state index in [0.717, 1.165) is 22.6 Å². The van der Waals surface area contributed by atoms with Gasteiger partial charge in [0.25, 0.3) is 0 Å². The molecule has 0 saturated carbocycles. The quantitative estimate of drug-likeness (QED) is 0.899. The van der Waals surface area contributed by atoms with Gasteiger partial charge in [-0.05, 0) is 43.5 Å².